The molecule has 0 saturated carbocycles. The number of rotatable bonds is 3. The summed E-state index contributed by atoms with van der Waals surface area (Å²) in [6, 6.07) is 6.13. The lowest BCUT2D eigenvalue weighted by Gasteiger charge is -2.24. The molecule has 0 saturated heterocycles. The van der Waals surface area contributed by atoms with E-state index in [1.54, 1.807) is 19.1 Å². The van der Waals surface area contributed by atoms with Crippen LogP contribution in [0, 0.1) is 12.7 Å². The van der Waals surface area contributed by atoms with Crippen LogP contribution in [0.3, 0.4) is 0 Å². The first-order valence-corrected chi connectivity index (χ1v) is 6.16. The second-order valence-corrected chi connectivity index (χ2v) is 5.13. The number of aryl methyl sites for hydroxylation is 1. The van der Waals surface area contributed by atoms with Crippen molar-refractivity contribution in [1.82, 2.24) is 9.97 Å². The Morgan fingerprint density at radius 1 is 1.25 bits per heavy atom. The molecule has 1 N–H and O–H groups in total. The van der Waals surface area contributed by atoms with Crippen LogP contribution in [0.25, 0.3) is 0 Å². The molecule has 0 radical (unpaired) electrons. The fraction of sp³-hybridized carbons (Fsp3) is 0.267. The molecule has 0 unspecified atom stereocenters. The maximum Gasteiger partial charge on any atom is 0.339 e. The van der Waals surface area contributed by atoms with Crippen molar-refractivity contribution in [3.05, 3.63) is 58.9 Å². The molecule has 1 aromatic carbocycles. The molecular formula is C15H15FN2O2. The number of nitrogens with zero attached hydrogens (tertiary/aromatic N) is 2. The highest BCUT2D eigenvalue weighted by molar-refractivity contribution is 5.88. The van der Waals surface area contributed by atoms with Crippen LogP contribution in [-0.2, 0) is 5.41 Å². The van der Waals surface area contributed by atoms with Gasteiger partial charge in [0.25, 0.3) is 0 Å². The summed E-state index contributed by atoms with van der Waals surface area (Å²) in [6.07, 6.45) is 1.31. The van der Waals surface area contributed by atoms with E-state index in [0.29, 0.717) is 11.5 Å². The zero-order chi connectivity index (χ0) is 14.9. The van der Waals surface area contributed by atoms with E-state index in [0.717, 1.165) is 5.56 Å². The Hall–Kier alpha value is -2.30. The Bertz CT molecular complexity index is 651. The van der Waals surface area contributed by atoms with Crippen LogP contribution in [0.15, 0.2) is 30.5 Å². The van der Waals surface area contributed by atoms with Gasteiger partial charge in [-0.2, -0.15) is 0 Å². The van der Waals surface area contributed by atoms with Gasteiger partial charge in [0.2, 0.25) is 0 Å². The molecule has 0 spiro atoms. The largest absolute Gasteiger partial charge is 0.478 e. The maximum atomic E-state index is 13.0. The van der Waals surface area contributed by atoms with E-state index >= 15 is 0 Å². The van der Waals surface area contributed by atoms with Crippen LogP contribution in [0.2, 0.25) is 0 Å². The monoisotopic (exact) mass is 274 g/mol. The van der Waals surface area contributed by atoms with Crippen molar-refractivity contribution in [3.63, 3.8) is 0 Å². The highest BCUT2D eigenvalue weighted by atomic mass is 19.1. The summed E-state index contributed by atoms with van der Waals surface area (Å²) in [5.74, 6) is -0.844. The number of hydrogen-bond acceptors (Lipinski definition) is 3. The number of aromatic carboxylic acids is 1. The van der Waals surface area contributed by atoms with E-state index in [4.69, 9.17) is 5.11 Å². The van der Waals surface area contributed by atoms with Gasteiger partial charge >= 0.3 is 5.97 Å². The van der Waals surface area contributed by atoms with Gasteiger partial charge in [-0.3, -0.25) is 0 Å². The number of hydrogen-bond donors (Lipinski definition) is 1. The molecule has 0 aliphatic rings. The minimum Gasteiger partial charge on any atom is -0.478 e. The summed E-state index contributed by atoms with van der Waals surface area (Å²) in [6.45, 7) is 5.46. The van der Waals surface area contributed by atoms with E-state index in [9.17, 15) is 9.18 Å². The Morgan fingerprint density at radius 2 is 1.85 bits per heavy atom. The smallest absolute Gasteiger partial charge is 0.339 e. The third-order valence-corrected chi connectivity index (χ3v) is 3.33. The lowest BCUT2D eigenvalue weighted by atomic mass is 9.83. The standard InChI is InChI=1S/C15H15FN2O2/c1-9-12(13(19)20)8-17-14(18-9)15(2,3)10-4-6-11(16)7-5-10/h4-8H,1-3H3,(H,19,20). The Morgan fingerprint density at radius 3 is 2.35 bits per heavy atom. The lowest BCUT2D eigenvalue weighted by Crippen LogP contribution is -2.23. The van der Waals surface area contributed by atoms with Gasteiger partial charge in [-0.25, -0.2) is 19.2 Å². The number of benzene rings is 1. The zero-order valence-electron chi connectivity index (χ0n) is 11.5. The van der Waals surface area contributed by atoms with Gasteiger partial charge in [0, 0.05) is 11.6 Å². The van der Waals surface area contributed by atoms with E-state index < -0.39 is 11.4 Å². The molecule has 1 aromatic heterocycles. The summed E-state index contributed by atoms with van der Waals surface area (Å²) in [5, 5.41) is 8.99. The van der Waals surface area contributed by atoms with E-state index in [1.165, 1.54) is 18.3 Å². The summed E-state index contributed by atoms with van der Waals surface area (Å²) in [7, 11) is 0. The van der Waals surface area contributed by atoms with Crippen LogP contribution in [0.4, 0.5) is 4.39 Å². The SMILES string of the molecule is Cc1nc(C(C)(C)c2ccc(F)cc2)ncc1C(=O)O. The molecule has 2 rings (SSSR count). The first kappa shape index (κ1) is 14.1. The van der Waals surface area contributed by atoms with Crippen molar-refractivity contribution >= 4 is 5.97 Å². The van der Waals surface area contributed by atoms with Crippen LogP contribution >= 0.6 is 0 Å². The number of carbonyl (C=O) groups is 1. The van der Waals surface area contributed by atoms with Crippen molar-refractivity contribution < 1.29 is 14.3 Å². The second-order valence-electron chi connectivity index (χ2n) is 5.13. The molecule has 1 heterocycles. The third-order valence-electron chi connectivity index (χ3n) is 3.33. The summed E-state index contributed by atoms with van der Waals surface area (Å²) >= 11 is 0. The summed E-state index contributed by atoms with van der Waals surface area (Å²) in [4.78, 5) is 19.4. The van der Waals surface area contributed by atoms with Crippen LogP contribution in [0.1, 0.15) is 41.3 Å². The third kappa shape index (κ3) is 2.52. The minimum absolute atomic E-state index is 0.0867. The molecule has 20 heavy (non-hydrogen) atoms. The van der Waals surface area contributed by atoms with Crippen molar-refractivity contribution in [3.8, 4) is 0 Å². The van der Waals surface area contributed by atoms with Gasteiger partial charge < -0.3 is 5.11 Å². The first-order chi connectivity index (χ1) is 9.32. The lowest BCUT2D eigenvalue weighted by molar-refractivity contribution is 0.0695. The van der Waals surface area contributed by atoms with Gasteiger partial charge in [-0.05, 0) is 38.5 Å². The first-order valence-electron chi connectivity index (χ1n) is 6.16. The number of carboxylic acid groups (broad SMARTS) is 1. The van der Waals surface area contributed by atoms with Gasteiger partial charge in [0.15, 0.2) is 0 Å². The molecule has 4 nitrogen and oxygen atoms in total. The van der Waals surface area contributed by atoms with Crippen LogP contribution in [0.5, 0.6) is 0 Å². The molecule has 104 valence electrons. The van der Waals surface area contributed by atoms with E-state index in [-0.39, 0.29) is 11.4 Å². The highest BCUT2D eigenvalue weighted by Gasteiger charge is 2.27. The average molecular weight is 274 g/mol. The average Bonchev–Trinajstić information content (AvgIpc) is 2.38. The number of carboxylic acids is 1. The summed E-state index contributed by atoms with van der Waals surface area (Å²) < 4.78 is 13.0. The second kappa shape index (κ2) is 5.00. The number of aromatic nitrogens is 2. The van der Waals surface area contributed by atoms with Gasteiger partial charge in [-0.1, -0.05) is 12.1 Å². The van der Waals surface area contributed by atoms with Crippen LogP contribution in [-0.4, -0.2) is 21.0 Å². The zero-order valence-corrected chi connectivity index (χ0v) is 11.5. The van der Waals surface area contributed by atoms with E-state index in [2.05, 4.69) is 9.97 Å². The Labute approximate surface area is 116 Å². The maximum absolute atomic E-state index is 13.0. The summed E-state index contributed by atoms with van der Waals surface area (Å²) in [5.41, 5.74) is 0.831. The van der Waals surface area contributed by atoms with Crippen molar-refractivity contribution in [2.45, 2.75) is 26.2 Å². The fourth-order valence-electron chi connectivity index (χ4n) is 1.97. The fourth-order valence-corrected chi connectivity index (χ4v) is 1.97. The predicted octanol–water partition coefficient (Wildman–Crippen LogP) is 2.95. The molecule has 0 aliphatic heterocycles. The highest BCUT2D eigenvalue weighted by Crippen LogP contribution is 2.29. The molecule has 0 bridgehead atoms. The Balaban J connectivity index is 2.46. The topological polar surface area (TPSA) is 63.1 Å². The molecule has 2 aromatic rings. The Kier molecular flexibility index (Phi) is 3.53. The van der Waals surface area contributed by atoms with Crippen molar-refractivity contribution in [2.24, 2.45) is 0 Å². The molecule has 0 aliphatic carbocycles. The van der Waals surface area contributed by atoms with Crippen LogP contribution < -0.4 is 0 Å². The van der Waals surface area contributed by atoms with Crippen molar-refractivity contribution in [1.29, 1.82) is 0 Å². The number of halogens is 1. The molecule has 0 atom stereocenters. The molecule has 5 heteroatoms. The molecular weight excluding hydrogens is 259 g/mol. The van der Waals surface area contributed by atoms with E-state index in [1.807, 2.05) is 13.8 Å². The molecule has 0 amide bonds. The minimum atomic E-state index is -1.05. The van der Waals surface area contributed by atoms with Gasteiger partial charge in [0.1, 0.15) is 11.6 Å². The van der Waals surface area contributed by atoms with Gasteiger partial charge in [-0.15, -0.1) is 0 Å². The van der Waals surface area contributed by atoms with Crippen molar-refractivity contribution in [2.75, 3.05) is 0 Å². The molecule has 0 fully saturated rings. The predicted molar refractivity (Wildman–Crippen MR) is 72.3 cm³/mol. The normalized spacial score (nSPS) is 11.4. The quantitative estimate of drug-likeness (QED) is 0.934. The van der Waals surface area contributed by atoms with Gasteiger partial charge in [0.05, 0.1) is 11.3 Å².